The van der Waals surface area contributed by atoms with Gasteiger partial charge in [-0.15, -0.1) is 6.42 Å². The van der Waals surface area contributed by atoms with Gasteiger partial charge in [-0.2, -0.15) is 4.98 Å². The van der Waals surface area contributed by atoms with Crippen molar-refractivity contribution in [3.8, 4) is 24.0 Å². The SMILES string of the molecule is C#CCn1c(=O)n(C2CCOc3ccccc32)c2nc(-n3cnc4ccc(F)cc43)ncc21. The molecule has 2 aromatic carbocycles. The van der Waals surface area contributed by atoms with Crippen LogP contribution in [0.2, 0.25) is 0 Å². The quantitative estimate of drug-likeness (QED) is 0.403. The molecule has 0 radical (unpaired) electrons. The van der Waals surface area contributed by atoms with Crippen molar-refractivity contribution in [1.82, 2.24) is 28.7 Å². The average molecular weight is 440 g/mol. The van der Waals surface area contributed by atoms with E-state index in [9.17, 15) is 9.18 Å². The van der Waals surface area contributed by atoms with Crippen molar-refractivity contribution in [3.05, 3.63) is 76.9 Å². The van der Waals surface area contributed by atoms with Crippen LogP contribution in [0.5, 0.6) is 5.75 Å². The smallest absolute Gasteiger partial charge is 0.331 e. The molecule has 8 nitrogen and oxygen atoms in total. The molecule has 0 bridgehead atoms. The molecular formula is C24H17FN6O2. The number of terminal acetylenes is 1. The van der Waals surface area contributed by atoms with E-state index in [-0.39, 0.29) is 30.0 Å². The highest BCUT2D eigenvalue weighted by Gasteiger charge is 2.28. The Labute approximate surface area is 186 Å². The van der Waals surface area contributed by atoms with Gasteiger partial charge in [0.1, 0.15) is 23.4 Å². The third-order valence-electron chi connectivity index (χ3n) is 5.91. The monoisotopic (exact) mass is 440 g/mol. The van der Waals surface area contributed by atoms with Crippen molar-refractivity contribution in [2.45, 2.75) is 19.0 Å². The van der Waals surface area contributed by atoms with E-state index in [1.807, 2.05) is 24.3 Å². The molecule has 0 saturated carbocycles. The molecule has 1 unspecified atom stereocenters. The molecule has 6 rings (SSSR count). The van der Waals surface area contributed by atoms with Gasteiger partial charge in [0.2, 0.25) is 5.95 Å². The lowest BCUT2D eigenvalue weighted by Gasteiger charge is -2.26. The largest absolute Gasteiger partial charge is 0.493 e. The van der Waals surface area contributed by atoms with Gasteiger partial charge >= 0.3 is 5.69 Å². The summed E-state index contributed by atoms with van der Waals surface area (Å²) in [5, 5.41) is 0. The molecule has 0 aliphatic carbocycles. The highest BCUT2D eigenvalue weighted by molar-refractivity contribution is 5.78. The molecule has 1 aliphatic heterocycles. The maximum Gasteiger partial charge on any atom is 0.331 e. The van der Waals surface area contributed by atoms with E-state index in [0.717, 1.165) is 11.3 Å². The first-order valence-electron chi connectivity index (χ1n) is 10.4. The number of hydrogen-bond donors (Lipinski definition) is 0. The van der Waals surface area contributed by atoms with Gasteiger partial charge < -0.3 is 4.74 Å². The highest BCUT2D eigenvalue weighted by Crippen LogP contribution is 2.35. The summed E-state index contributed by atoms with van der Waals surface area (Å²) in [6, 6.07) is 11.7. The topological polar surface area (TPSA) is 79.8 Å². The van der Waals surface area contributed by atoms with E-state index in [2.05, 4.69) is 15.9 Å². The van der Waals surface area contributed by atoms with Gasteiger partial charge in [-0.25, -0.2) is 19.2 Å². The Hall–Kier alpha value is -4.45. The maximum absolute atomic E-state index is 13.9. The first-order chi connectivity index (χ1) is 16.2. The summed E-state index contributed by atoms with van der Waals surface area (Å²) in [5.41, 5.74) is 2.75. The molecule has 33 heavy (non-hydrogen) atoms. The van der Waals surface area contributed by atoms with E-state index < -0.39 is 0 Å². The molecule has 5 aromatic rings. The predicted octanol–water partition coefficient (Wildman–Crippen LogP) is 3.08. The zero-order valence-electron chi connectivity index (χ0n) is 17.3. The Morgan fingerprint density at radius 2 is 2.06 bits per heavy atom. The van der Waals surface area contributed by atoms with Crippen molar-refractivity contribution in [2.75, 3.05) is 6.61 Å². The molecule has 0 saturated heterocycles. The van der Waals surface area contributed by atoms with Gasteiger partial charge in [0.25, 0.3) is 0 Å². The van der Waals surface area contributed by atoms with E-state index in [1.165, 1.54) is 23.0 Å². The van der Waals surface area contributed by atoms with Crippen molar-refractivity contribution >= 4 is 22.2 Å². The number of halogens is 1. The predicted molar refractivity (Wildman–Crippen MR) is 120 cm³/mol. The van der Waals surface area contributed by atoms with Crippen LogP contribution in [0.3, 0.4) is 0 Å². The van der Waals surface area contributed by atoms with Crippen LogP contribution in [-0.2, 0) is 6.54 Å². The van der Waals surface area contributed by atoms with Crippen LogP contribution in [0.15, 0.2) is 59.8 Å². The van der Waals surface area contributed by atoms with Gasteiger partial charge in [0, 0.05) is 18.1 Å². The number of ether oxygens (including phenoxy) is 1. The second-order valence-electron chi connectivity index (χ2n) is 7.76. The molecule has 9 heteroatoms. The first kappa shape index (κ1) is 19.3. The first-order valence-corrected chi connectivity index (χ1v) is 10.4. The molecule has 4 heterocycles. The summed E-state index contributed by atoms with van der Waals surface area (Å²) < 4.78 is 24.4. The Morgan fingerprint density at radius 3 is 2.94 bits per heavy atom. The minimum atomic E-state index is -0.388. The second kappa shape index (κ2) is 7.31. The number of para-hydroxylation sites is 1. The van der Waals surface area contributed by atoms with Gasteiger partial charge in [0.05, 0.1) is 36.4 Å². The lowest BCUT2D eigenvalue weighted by Crippen LogP contribution is -2.31. The van der Waals surface area contributed by atoms with Crippen LogP contribution in [-0.4, -0.2) is 35.3 Å². The van der Waals surface area contributed by atoms with E-state index in [4.69, 9.17) is 16.1 Å². The van der Waals surface area contributed by atoms with Crippen LogP contribution >= 0.6 is 0 Å². The summed E-state index contributed by atoms with van der Waals surface area (Å²) in [7, 11) is 0. The van der Waals surface area contributed by atoms with Crippen molar-refractivity contribution < 1.29 is 9.13 Å². The van der Waals surface area contributed by atoms with Crippen LogP contribution < -0.4 is 10.4 Å². The number of benzene rings is 2. The molecule has 0 fully saturated rings. The normalized spacial score (nSPS) is 15.3. The lowest BCUT2D eigenvalue weighted by atomic mass is 10.0. The summed E-state index contributed by atoms with van der Waals surface area (Å²) >= 11 is 0. The molecule has 0 spiro atoms. The molecule has 1 atom stereocenters. The molecule has 0 amide bonds. The Bertz CT molecular complexity index is 1640. The van der Waals surface area contributed by atoms with Gasteiger partial charge in [-0.05, 0) is 18.2 Å². The fraction of sp³-hybridized carbons (Fsp3) is 0.167. The summed E-state index contributed by atoms with van der Waals surface area (Å²) in [4.78, 5) is 27.0. The molecular weight excluding hydrogens is 423 g/mol. The number of rotatable bonds is 3. The zero-order valence-corrected chi connectivity index (χ0v) is 17.3. The molecule has 0 N–H and O–H groups in total. The summed E-state index contributed by atoms with van der Waals surface area (Å²) in [6.07, 6.45) is 9.25. The van der Waals surface area contributed by atoms with Crippen molar-refractivity contribution in [2.24, 2.45) is 0 Å². The van der Waals surface area contributed by atoms with Gasteiger partial charge in [-0.3, -0.25) is 13.7 Å². The molecule has 3 aromatic heterocycles. The Morgan fingerprint density at radius 1 is 1.18 bits per heavy atom. The van der Waals surface area contributed by atoms with E-state index in [1.54, 1.807) is 21.4 Å². The third-order valence-corrected chi connectivity index (χ3v) is 5.91. The maximum atomic E-state index is 13.9. The van der Waals surface area contributed by atoms with Crippen LogP contribution in [0.1, 0.15) is 18.0 Å². The molecule has 1 aliphatic rings. The van der Waals surface area contributed by atoms with Crippen molar-refractivity contribution in [3.63, 3.8) is 0 Å². The standard InChI is InChI=1S/C24H17FN6O2/c1-2-10-29-20-13-26-23(30-14-27-17-8-7-15(25)12-19(17)30)28-22(20)31(24(29)32)18-9-11-33-21-6-4-3-5-16(18)21/h1,3-8,12-14,18H,9-11H2. The van der Waals surface area contributed by atoms with Crippen LogP contribution in [0.25, 0.3) is 28.1 Å². The zero-order chi connectivity index (χ0) is 22.5. The number of imidazole rings is 2. The average Bonchev–Trinajstić information content (AvgIpc) is 3.37. The van der Waals surface area contributed by atoms with E-state index >= 15 is 0 Å². The number of nitrogens with zero attached hydrogens (tertiary/aromatic N) is 6. The molecule has 162 valence electrons. The Kier molecular flexibility index (Phi) is 4.26. The minimum absolute atomic E-state index is 0.0924. The number of aromatic nitrogens is 6. The van der Waals surface area contributed by atoms with E-state index in [0.29, 0.717) is 35.2 Å². The van der Waals surface area contributed by atoms with Crippen LogP contribution in [0.4, 0.5) is 4.39 Å². The summed E-state index contributed by atoms with van der Waals surface area (Å²) in [6.45, 7) is 0.564. The Balaban J connectivity index is 1.61. The second-order valence-corrected chi connectivity index (χ2v) is 7.76. The number of fused-ring (bicyclic) bond motifs is 3. The van der Waals surface area contributed by atoms with Gasteiger partial charge in [-0.1, -0.05) is 24.1 Å². The van der Waals surface area contributed by atoms with Crippen molar-refractivity contribution in [1.29, 1.82) is 0 Å². The summed E-state index contributed by atoms with van der Waals surface area (Å²) in [5.74, 6) is 3.17. The third kappa shape index (κ3) is 2.91. The minimum Gasteiger partial charge on any atom is -0.493 e. The van der Waals surface area contributed by atoms with Crippen LogP contribution in [0, 0.1) is 18.2 Å². The fourth-order valence-corrected chi connectivity index (χ4v) is 4.42. The van der Waals surface area contributed by atoms with Gasteiger partial charge in [0.15, 0.2) is 5.65 Å². The lowest BCUT2D eigenvalue weighted by molar-refractivity contribution is 0.256. The fourth-order valence-electron chi connectivity index (χ4n) is 4.42. The number of hydrogen-bond acceptors (Lipinski definition) is 5. The highest BCUT2D eigenvalue weighted by atomic mass is 19.1.